The van der Waals surface area contributed by atoms with Crippen molar-refractivity contribution in [3.8, 4) is 0 Å². The summed E-state index contributed by atoms with van der Waals surface area (Å²) in [6.07, 6.45) is 8.16. The Hall–Kier alpha value is -2.48. The smallest absolute Gasteiger partial charge is 0.257 e. The molecule has 1 amide bonds. The molecule has 3 rings (SSSR count). The van der Waals surface area contributed by atoms with Crippen molar-refractivity contribution in [2.45, 2.75) is 25.4 Å². The maximum atomic E-state index is 12.7. The van der Waals surface area contributed by atoms with Gasteiger partial charge in [-0.2, -0.15) is 5.10 Å². The first-order valence-electron chi connectivity index (χ1n) is 8.37. The van der Waals surface area contributed by atoms with Crippen LogP contribution in [0, 0.1) is 6.92 Å². The van der Waals surface area contributed by atoms with Crippen LogP contribution in [0.5, 0.6) is 0 Å². The predicted octanol–water partition coefficient (Wildman–Crippen LogP) is 0.622. The first kappa shape index (κ1) is 17.3. The average molecular weight is 344 g/mol. The number of likely N-dealkylation sites (N-methyl/N-ethyl adjacent to an activating group) is 1. The highest BCUT2D eigenvalue weighted by Gasteiger charge is 2.36. The monoisotopic (exact) mass is 344 g/mol. The molecular formula is C17H24N6O2. The summed E-state index contributed by atoms with van der Waals surface area (Å²) in [7, 11) is 3.51. The number of amides is 1. The van der Waals surface area contributed by atoms with Crippen molar-refractivity contribution < 1.29 is 9.90 Å². The molecule has 8 nitrogen and oxygen atoms in total. The summed E-state index contributed by atoms with van der Waals surface area (Å²) in [4.78, 5) is 24.7. The quantitative estimate of drug-likeness (QED) is 0.875. The maximum Gasteiger partial charge on any atom is 0.257 e. The lowest BCUT2D eigenvalue weighted by Crippen LogP contribution is -2.55. The molecule has 0 saturated carbocycles. The number of carbonyl (C=O) groups is 1. The topological polar surface area (TPSA) is 87.4 Å². The number of rotatable bonds is 4. The molecule has 3 heterocycles. The molecule has 0 aromatic carbocycles. The van der Waals surface area contributed by atoms with Gasteiger partial charge in [0.25, 0.3) is 5.91 Å². The second-order valence-electron chi connectivity index (χ2n) is 6.78. The fourth-order valence-electron chi connectivity index (χ4n) is 3.42. The predicted molar refractivity (Wildman–Crippen MR) is 93.3 cm³/mol. The number of carbonyl (C=O) groups excluding carboxylic acids is 1. The molecule has 134 valence electrons. The van der Waals surface area contributed by atoms with Crippen molar-refractivity contribution in [1.29, 1.82) is 0 Å². The molecular weight excluding hydrogens is 320 g/mol. The van der Waals surface area contributed by atoms with Crippen LogP contribution in [0.4, 0.5) is 5.82 Å². The van der Waals surface area contributed by atoms with Gasteiger partial charge in [-0.3, -0.25) is 14.5 Å². The van der Waals surface area contributed by atoms with Gasteiger partial charge in [-0.1, -0.05) is 0 Å². The zero-order valence-electron chi connectivity index (χ0n) is 14.9. The van der Waals surface area contributed by atoms with Crippen LogP contribution in [0.3, 0.4) is 0 Å². The number of aliphatic hydroxyl groups is 1. The van der Waals surface area contributed by atoms with Crippen LogP contribution in [0.25, 0.3) is 0 Å². The minimum absolute atomic E-state index is 0.129. The van der Waals surface area contributed by atoms with Gasteiger partial charge in [-0.15, -0.1) is 0 Å². The van der Waals surface area contributed by atoms with Gasteiger partial charge >= 0.3 is 0 Å². The van der Waals surface area contributed by atoms with E-state index in [1.54, 1.807) is 48.5 Å². The third kappa shape index (κ3) is 3.79. The SMILES string of the molecule is Cc1nn(C)cc1C(=O)N(C)C[C@]1(O)CCCN(c2cnccn2)C1. The second-order valence-corrected chi connectivity index (χ2v) is 6.78. The Morgan fingerprint density at radius 2 is 2.24 bits per heavy atom. The van der Waals surface area contributed by atoms with Gasteiger partial charge in [0.05, 0.1) is 29.6 Å². The van der Waals surface area contributed by atoms with Gasteiger partial charge in [-0.05, 0) is 19.8 Å². The van der Waals surface area contributed by atoms with E-state index in [-0.39, 0.29) is 12.5 Å². The third-order valence-electron chi connectivity index (χ3n) is 4.55. The molecule has 25 heavy (non-hydrogen) atoms. The maximum absolute atomic E-state index is 12.7. The summed E-state index contributed by atoms with van der Waals surface area (Å²) in [5.74, 6) is 0.619. The van der Waals surface area contributed by atoms with Gasteiger partial charge in [0, 0.05) is 45.8 Å². The number of aromatic nitrogens is 4. The molecule has 0 bridgehead atoms. The molecule has 1 N–H and O–H groups in total. The largest absolute Gasteiger partial charge is 0.386 e. The van der Waals surface area contributed by atoms with E-state index in [1.807, 2.05) is 11.8 Å². The van der Waals surface area contributed by atoms with Gasteiger partial charge < -0.3 is 14.9 Å². The third-order valence-corrected chi connectivity index (χ3v) is 4.55. The van der Waals surface area contributed by atoms with Crippen LogP contribution in [0.1, 0.15) is 28.9 Å². The fraction of sp³-hybridized carbons (Fsp3) is 0.529. The summed E-state index contributed by atoms with van der Waals surface area (Å²) in [5.41, 5.74) is 0.280. The summed E-state index contributed by atoms with van der Waals surface area (Å²) in [5, 5.41) is 15.3. The standard InChI is InChI=1S/C17H24N6O2/c1-13-14(10-22(3)20-13)16(24)21(2)11-17(25)5-4-8-23(12-17)15-9-18-6-7-19-15/h6-7,9-10,25H,4-5,8,11-12H2,1-3H3/t17-/m1/s1. The minimum atomic E-state index is -0.976. The van der Waals surface area contributed by atoms with Crippen LogP contribution >= 0.6 is 0 Å². The molecule has 0 unspecified atom stereocenters. The number of hydrogen-bond acceptors (Lipinski definition) is 6. The molecule has 1 aliphatic rings. The Labute approximate surface area is 147 Å². The number of nitrogens with zero attached hydrogens (tertiary/aromatic N) is 6. The van der Waals surface area contributed by atoms with Crippen LogP contribution < -0.4 is 4.90 Å². The number of piperidine rings is 1. The Kier molecular flexibility index (Phi) is 4.71. The van der Waals surface area contributed by atoms with Crippen molar-refractivity contribution >= 4 is 11.7 Å². The Morgan fingerprint density at radius 1 is 1.44 bits per heavy atom. The minimum Gasteiger partial charge on any atom is -0.386 e. The molecule has 8 heteroatoms. The van der Waals surface area contributed by atoms with Gasteiger partial charge in [-0.25, -0.2) is 4.98 Å². The summed E-state index contributed by atoms with van der Waals surface area (Å²) >= 11 is 0. The molecule has 1 saturated heterocycles. The van der Waals surface area contributed by atoms with E-state index in [1.165, 1.54) is 0 Å². The van der Waals surface area contributed by atoms with E-state index >= 15 is 0 Å². The molecule has 0 radical (unpaired) electrons. The first-order valence-corrected chi connectivity index (χ1v) is 8.37. The van der Waals surface area contributed by atoms with Crippen LogP contribution in [-0.2, 0) is 7.05 Å². The van der Waals surface area contributed by atoms with E-state index in [9.17, 15) is 9.90 Å². The lowest BCUT2D eigenvalue weighted by Gasteiger charge is -2.41. The highest BCUT2D eigenvalue weighted by Crippen LogP contribution is 2.25. The molecule has 2 aromatic heterocycles. The van der Waals surface area contributed by atoms with Crippen LogP contribution in [-0.4, -0.2) is 67.9 Å². The van der Waals surface area contributed by atoms with Crippen molar-refractivity contribution in [2.75, 3.05) is 31.6 Å². The summed E-state index contributed by atoms with van der Waals surface area (Å²) < 4.78 is 1.63. The molecule has 1 fully saturated rings. The van der Waals surface area contributed by atoms with E-state index in [2.05, 4.69) is 15.1 Å². The van der Waals surface area contributed by atoms with E-state index in [0.29, 0.717) is 24.2 Å². The highest BCUT2D eigenvalue weighted by atomic mass is 16.3. The zero-order valence-corrected chi connectivity index (χ0v) is 14.9. The van der Waals surface area contributed by atoms with E-state index in [0.717, 1.165) is 18.8 Å². The van der Waals surface area contributed by atoms with Gasteiger partial charge in [0.15, 0.2) is 0 Å². The summed E-state index contributed by atoms with van der Waals surface area (Å²) in [6.45, 7) is 3.32. The molecule has 0 aliphatic carbocycles. The first-order chi connectivity index (χ1) is 11.9. The van der Waals surface area contributed by atoms with Gasteiger partial charge in [0.2, 0.25) is 0 Å². The van der Waals surface area contributed by atoms with Crippen molar-refractivity contribution in [3.63, 3.8) is 0 Å². The average Bonchev–Trinajstić information content (AvgIpc) is 2.93. The van der Waals surface area contributed by atoms with E-state index < -0.39 is 5.60 Å². The fourth-order valence-corrected chi connectivity index (χ4v) is 3.42. The molecule has 1 aliphatic heterocycles. The number of aryl methyl sites for hydroxylation is 2. The molecule has 0 spiro atoms. The lowest BCUT2D eigenvalue weighted by atomic mass is 9.92. The Bertz CT molecular complexity index is 747. The Balaban J connectivity index is 1.70. The number of β-amino-alcohol motifs (C(OH)–C–C–N with tert-alkyl or cyclic N) is 1. The lowest BCUT2D eigenvalue weighted by molar-refractivity contribution is -0.000169. The Morgan fingerprint density at radius 3 is 2.88 bits per heavy atom. The zero-order chi connectivity index (χ0) is 18.0. The van der Waals surface area contributed by atoms with Crippen molar-refractivity contribution in [3.05, 3.63) is 36.0 Å². The summed E-state index contributed by atoms with van der Waals surface area (Å²) in [6, 6.07) is 0. The van der Waals surface area contributed by atoms with Crippen LogP contribution in [0.2, 0.25) is 0 Å². The second kappa shape index (κ2) is 6.79. The highest BCUT2D eigenvalue weighted by molar-refractivity contribution is 5.94. The molecule has 1 atom stereocenters. The number of hydrogen-bond donors (Lipinski definition) is 1. The number of anilines is 1. The normalized spacial score (nSPS) is 20.6. The van der Waals surface area contributed by atoms with Crippen LogP contribution in [0.15, 0.2) is 24.8 Å². The molecule has 2 aromatic rings. The van der Waals surface area contributed by atoms with Gasteiger partial charge in [0.1, 0.15) is 5.82 Å². The van der Waals surface area contributed by atoms with E-state index in [4.69, 9.17) is 0 Å². The van der Waals surface area contributed by atoms with Crippen molar-refractivity contribution in [2.24, 2.45) is 7.05 Å². The van der Waals surface area contributed by atoms with Crippen molar-refractivity contribution in [1.82, 2.24) is 24.6 Å².